The standard InChI is InChI=1S/C20H24N2O2/c23-22(24)19-9-7-15(8-10-19)5-6-16-13-17-3-1-11-21-12-2-4-18(14-16)20(17)21/h6,13-14,19H,1-4,7-12H2. The zero-order chi connectivity index (χ0) is 16.5. The lowest BCUT2D eigenvalue weighted by Gasteiger charge is -2.37. The van der Waals surface area contributed by atoms with Gasteiger partial charge in [-0.15, -0.1) is 5.73 Å². The molecule has 0 N–H and O–H groups in total. The zero-order valence-corrected chi connectivity index (χ0v) is 14.1. The Labute approximate surface area is 143 Å². The number of anilines is 1. The van der Waals surface area contributed by atoms with Gasteiger partial charge in [-0.3, -0.25) is 10.1 Å². The first-order valence-electron chi connectivity index (χ1n) is 9.19. The van der Waals surface area contributed by atoms with Crippen LogP contribution in [-0.4, -0.2) is 24.1 Å². The number of hydrogen-bond acceptors (Lipinski definition) is 3. The molecule has 126 valence electrons. The van der Waals surface area contributed by atoms with E-state index in [0.717, 1.165) is 12.8 Å². The van der Waals surface area contributed by atoms with Crippen LogP contribution in [0.2, 0.25) is 0 Å². The van der Waals surface area contributed by atoms with Crippen molar-refractivity contribution in [1.82, 2.24) is 0 Å². The number of allylic oxidation sites excluding steroid dienone is 1. The molecule has 0 spiro atoms. The van der Waals surface area contributed by atoms with Crippen molar-refractivity contribution in [2.24, 2.45) is 0 Å². The molecule has 1 fully saturated rings. The third-order valence-electron chi connectivity index (χ3n) is 5.65. The minimum absolute atomic E-state index is 0.125. The molecule has 4 nitrogen and oxygen atoms in total. The maximum Gasteiger partial charge on any atom is 0.213 e. The van der Waals surface area contributed by atoms with Gasteiger partial charge in [-0.05, 0) is 79.0 Å². The number of rotatable bonds is 2. The van der Waals surface area contributed by atoms with Gasteiger partial charge in [-0.25, -0.2) is 0 Å². The van der Waals surface area contributed by atoms with Crippen molar-refractivity contribution in [2.45, 2.75) is 57.4 Å². The summed E-state index contributed by atoms with van der Waals surface area (Å²) in [6.45, 7) is 2.41. The molecule has 0 saturated heterocycles. The highest BCUT2D eigenvalue weighted by atomic mass is 16.6. The second-order valence-corrected chi connectivity index (χ2v) is 7.29. The number of aryl methyl sites for hydroxylation is 2. The van der Waals surface area contributed by atoms with Crippen LogP contribution in [0.5, 0.6) is 0 Å². The predicted molar refractivity (Wildman–Crippen MR) is 96.0 cm³/mol. The first kappa shape index (κ1) is 15.5. The monoisotopic (exact) mass is 324 g/mol. The molecule has 1 aromatic carbocycles. The summed E-state index contributed by atoms with van der Waals surface area (Å²) in [5.41, 5.74) is 10.4. The average molecular weight is 324 g/mol. The summed E-state index contributed by atoms with van der Waals surface area (Å²) in [5, 5.41) is 10.8. The first-order chi connectivity index (χ1) is 11.7. The van der Waals surface area contributed by atoms with E-state index < -0.39 is 0 Å². The van der Waals surface area contributed by atoms with Crippen molar-refractivity contribution in [2.75, 3.05) is 18.0 Å². The summed E-state index contributed by atoms with van der Waals surface area (Å²) in [6, 6.07) is 4.30. The summed E-state index contributed by atoms with van der Waals surface area (Å²) >= 11 is 0. The minimum Gasteiger partial charge on any atom is -0.371 e. The summed E-state index contributed by atoms with van der Waals surface area (Å²) in [4.78, 5) is 13.3. The maximum absolute atomic E-state index is 10.8. The maximum atomic E-state index is 10.8. The molecule has 1 aromatic rings. The Hall–Kier alpha value is -2.06. The Kier molecular flexibility index (Phi) is 4.15. The summed E-state index contributed by atoms with van der Waals surface area (Å²) in [6.07, 6.45) is 9.92. The number of hydrogen-bond donors (Lipinski definition) is 0. The lowest BCUT2D eigenvalue weighted by atomic mass is 9.89. The third-order valence-corrected chi connectivity index (χ3v) is 5.65. The highest BCUT2D eigenvalue weighted by Gasteiger charge is 2.25. The molecule has 2 aliphatic heterocycles. The molecule has 4 rings (SSSR count). The Morgan fingerprint density at radius 3 is 2.29 bits per heavy atom. The molecular formula is C20H24N2O2. The molecule has 3 aliphatic rings. The minimum atomic E-state index is -0.352. The summed E-state index contributed by atoms with van der Waals surface area (Å²) in [5.74, 6) is 0. The van der Waals surface area contributed by atoms with E-state index in [-0.39, 0.29) is 11.0 Å². The molecule has 0 amide bonds. The van der Waals surface area contributed by atoms with Gasteiger partial charge in [-0.2, -0.15) is 0 Å². The molecule has 0 atom stereocenters. The van der Waals surface area contributed by atoms with E-state index in [1.54, 1.807) is 0 Å². The highest BCUT2D eigenvalue weighted by molar-refractivity contribution is 5.67. The van der Waals surface area contributed by atoms with E-state index in [2.05, 4.69) is 28.8 Å². The highest BCUT2D eigenvalue weighted by Crippen LogP contribution is 2.36. The number of nitro groups is 1. The number of benzene rings is 1. The van der Waals surface area contributed by atoms with Crippen LogP contribution in [0, 0.1) is 10.1 Å². The van der Waals surface area contributed by atoms with Crippen LogP contribution in [0.15, 0.2) is 23.4 Å². The molecular weight excluding hydrogens is 300 g/mol. The van der Waals surface area contributed by atoms with Gasteiger partial charge in [0.2, 0.25) is 6.04 Å². The summed E-state index contributed by atoms with van der Waals surface area (Å²) < 4.78 is 0. The van der Waals surface area contributed by atoms with E-state index in [9.17, 15) is 10.1 Å². The molecule has 2 heterocycles. The largest absolute Gasteiger partial charge is 0.371 e. The van der Waals surface area contributed by atoms with Gasteiger partial charge < -0.3 is 4.90 Å². The normalized spacial score (nSPS) is 22.6. The van der Waals surface area contributed by atoms with Crippen LogP contribution < -0.4 is 4.90 Å². The predicted octanol–water partition coefficient (Wildman–Crippen LogP) is 4.14. The van der Waals surface area contributed by atoms with Crippen LogP contribution in [0.4, 0.5) is 5.69 Å². The molecule has 1 aliphatic carbocycles. The van der Waals surface area contributed by atoms with E-state index in [0.29, 0.717) is 12.8 Å². The molecule has 1 saturated carbocycles. The second kappa shape index (κ2) is 6.45. The van der Waals surface area contributed by atoms with Crippen LogP contribution >= 0.6 is 0 Å². The fourth-order valence-corrected chi connectivity index (χ4v) is 4.41. The quantitative estimate of drug-likeness (QED) is 0.466. The zero-order valence-electron chi connectivity index (χ0n) is 14.1. The van der Waals surface area contributed by atoms with Crippen molar-refractivity contribution < 1.29 is 4.92 Å². The van der Waals surface area contributed by atoms with E-state index in [1.165, 1.54) is 66.7 Å². The van der Waals surface area contributed by atoms with Gasteiger partial charge in [0.05, 0.1) is 0 Å². The fourth-order valence-electron chi connectivity index (χ4n) is 4.41. The van der Waals surface area contributed by atoms with Crippen molar-refractivity contribution in [3.8, 4) is 0 Å². The summed E-state index contributed by atoms with van der Waals surface area (Å²) in [7, 11) is 0. The lowest BCUT2D eigenvalue weighted by Crippen LogP contribution is -2.34. The lowest BCUT2D eigenvalue weighted by molar-refractivity contribution is -0.525. The van der Waals surface area contributed by atoms with Crippen LogP contribution in [0.25, 0.3) is 6.08 Å². The smallest absolute Gasteiger partial charge is 0.213 e. The van der Waals surface area contributed by atoms with Crippen molar-refractivity contribution in [3.05, 3.63) is 50.2 Å². The van der Waals surface area contributed by atoms with Crippen molar-refractivity contribution in [1.29, 1.82) is 0 Å². The van der Waals surface area contributed by atoms with Gasteiger partial charge in [-0.1, -0.05) is 0 Å². The topological polar surface area (TPSA) is 46.4 Å². The fraction of sp³-hybridized carbons (Fsp3) is 0.550. The molecule has 24 heavy (non-hydrogen) atoms. The van der Waals surface area contributed by atoms with Gasteiger partial charge in [0.25, 0.3) is 0 Å². The molecule has 0 bridgehead atoms. The molecule has 4 heteroatoms. The van der Waals surface area contributed by atoms with Crippen molar-refractivity contribution in [3.63, 3.8) is 0 Å². The number of nitrogens with zero attached hydrogens (tertiary/aromatic N) is 2. The van der Waals surface area contributed by atoms with Crippen LogP contribution in [0.3, 0.4) is 0 Å². The van der Waals surface area contributed by atoms with Crippen LogP contribution in [0.1, 0.15) is 55.2 Å². The molecule has 0 unspecified atom stereocenters. The third kappa shape index (κ3) is 2.99. The Morgan fingerprint density at radius 1 is 1.08 bits per heavy atom. The van der Waals surface area contributed by atoms with Gasteiger partial charge >= 0.3 is 0 Å². The Balaban J connectivity index is 1.57. The van der Waals surface area contributed by atoms with Crippen LogP contribution in [-0.2, 0) is 12.8 Å². The van der Waals surface area contributed by atoms with Crippen molar-refractivity contribution >= 4 is 11.8 Å². The van der Waals surface area contributed by atoms with Gasteiger partial charge in [0, 0.05) is 36.5 Å². The molecule has 0 radical (unpaired) electrons. The van der Waals surface area contributed by atoms with E-state index in [4.69, 9.17) is 0 Å². The molecule has 0 aromatic heterocycles. The van der Waals surface area contributed by atoms with E-state index >= 15 is 0 Å². The Bertz CT molecular complexity index is 690. The van der Waals surface area contributed by atoms with E-state index in [1.807, 2.05) is 0 Å². The Morgan fingerprint density at radius 2 is 1.71 bits per heavy atom. The van der Waals surface area contributed by atoms with Gasteiger partial charge in [0.1, 0.15) is 0 Å². The first-order valence-corrected chi connectivity index (χ1v) is 9.19. The SMILES string of the molecule is O=[N+]([O-])C1CCC(=C=Cc2cc3c4c(c2)CCCN4CCC3)CC1. The van der Waals surface area contributed by atoms with Gasteiger partial charge in [0.15, 0.2) is 0 Å². The average Bonchev–Trinajstić information content (AvgIpc) is 2.61. The second-order valence-electron chi connectivity index (χ2n) is 7.29.